The molecule has 9 rings (SSSR count). The Kier molecular flexibility index (Phi) is 18.1. The smallest absolute Gasteiger partial charge is 0.422 e. The Balaban J connectivity index is 0.000000213. The predicted octanol–water partition coefficient (Wildman–Crippen LogP) is 10.5. The number of ether oxygens (including phenoxy) is 2. The number of carbonyl (C=O) groups is 3. The van der Waals surface area contributed by atoms with E-state index in [9.17, 15) is 25.0 Å². The number of amides is 1. The molecule has 3 aromatic heterocycles. The van der Waals surface area contributed by atoms with Crippen molar-refractivity contribution in [2.75, 3.05) is 18.5 Å². The fourth-order valence-electron chi connectivity index (χ4n) is 7.63. The summed E-state index contributed by atoms with van der Waals surface area (Å²) in [7, 11) is 0. The number of para-hydroxylation sites is 1. The van der Waals surface area contributed by atoms with Crippen molar-refractivity contribution in [3.63, 3.8) is 0 Å². The van der Waals surface area contributed by atoms with E-state index >= 15 is 0 Å². The monoisotopic (exact) mass is 990 g/mol. The van der Waals surface area contributed by atoms with Gasteiger partial charge in [0.25, 0.3) is 5.78 Å². The number of oxazole rings is 2. The predicted molar refractivity (Wildman–Crippen MR) is 279 cm³/mol. The molecule has 1 amide bonds. The topological polar surface area (TPSA) is 221 Å². The molecule has 0 aliphatic carbocycles. The van der Waals surface area contributed by atoms with Crippen LogP contribution in [0, 0.1) is 13.8 Å². The molecule has 0 saturated heterocycles. The number of nitrogens with one attached hydrogen (secondary N) is 1. The highest BCUT2D eigenvalue weighted by Gasteiger charge is 2.29. The largest absolute Gasteiger partial charge is 0.493 e. The van der Waals surface area contributed by atoms with Gasteiger partial charge < -0.3 is 34.3 Å². The number of Topliss-reactive ketones (excluding diaryl/α,β-unsaturated/α-hetero) is 1. The Morgan fingerprint density at radius 1 is 0.635 bits per heavy atom. The number of carboxylic acid groups (broad SMARTS) is 1. The summed E-state index contributed by atoms with van der Waals surface area (Å²) in [5.41, 5.74) is 15.9. The van der Waals surface area contributed by atoms with Crippen LogP contribution in [0.5, 0.6) is 11.5 Å². The molecule has 74 heavy (non-hydrogen) atoms. The second-order valence-electron chi connectivity index (χ2n) is 16.6. The number of hydrogen-bond donors (Lipinski definition) is 2. The summed E-state index contributed by atoms with van der Waals surface area (Å²) < 4.78 is 25.0. The van der Waals surface area contributed by atoms with Crippen molar-refractivity contribution in [2.45, 2.75) is 53.5 Å². The minimum Gasteiger partial charge on any atom is -0.493 e. The zero-order chi connectivity index (χ0) is 50.9. The van der Waals surface area contributed by atoms with E-state index in [-0.39, 0.29) is 19.5 Å². The van der Waals surface area contributed by atoms with Gasteiger partial charge in [0.15, 0.2) is 5.69 Å². The number of carboxylic acids is 1. The SMILES string of the molecule is C.Cc1oc(-c2ccccc2)nc1CCOc1ccc(CC(=O)C(=[N+]=[N-])C(=O)Nc2ccccc2)cc1.Cc1oc(-c2ccccc2)nc1CCOc1ccc(Cc2c(C(=O)O)nnn2Cc2ccccc2)cc1. The van der Waals surface area contributed by atoms with E-state index in [1.807, 2.05) is 129 Å². The van der Waals surface area contributed by atoms with E-state index < -0.39 is 23.4 Å². The third kappa shape index (κ3) is 14.1. The van der Waals surface area contributed by atoms with Crippen LogP contribution in [0.2, 0.25) is 0 Å². The van der Waals surface area contributed by atoms with Crippen LogP contribution in [0.15, 0.2) is 179 Å². The van der Waals surface area contributed by atoms with Crippen molar-refractivity contribution in [1.29, 1.82) is 0 Å². The highest BCUT2D eigenvalue weighted by atomic mass is 16.5. The third-order valence-corrected chi connectivity index (χ3v) is 11.5. The zero-order valence-corrected chi connectivity index (χ0v) is 40.1. The normalized spacial score (nSPS) is 10.5. The van der Waals surface area contributed by atoms with Gasteiger partial charge in [-0.15, -0.1) is 5.10 Å². The van der Waals surface area contributed by atoms with Crippen molar-refractivity contribution in [2.24, 2.45) is 0 Å². The number of aromatic nitrogens is 5. The van der Waals surface area contributed by atoms with Crippen molar-refractivity contribution in [3.05, 3.63) is 226 Å². The minimum atomic E-state index is -1.09. The number of rotatable bonds is 20. The first-order chi connectivity index (χ1) is 35.6. The van der Waals surface area contributed by atoms with Gasteiger partial charge in [-0.1, -0.05) is 122 Å². The van der Waals surface area contributed by atoms with E-state index in [0.29, 0.717) is 73.5 Å². The van der Waals surface area contributed by atoms with E-state index in [4.69, 9.17) is 18.3 Å². The molecule has 0 radical (unpaired) electrons. The number of benzene rings is 6. The third-order valence-electron chi connectivity index (χ3n) is 11.5. The number of aromatic carboxylic acids is 1. The van der Waals surface area contributed by atoms with Crippen molar-refractivity contribution in [3.8, 4) is 34.4 Å². The van der Waals surface area contributed by atoms with Gasteiger partial charge in [-0.05, 0) is 91.2 Å². The average molecular weight is 991 g/mol. The van der Waals surface area contributed by atoms with Crippen LogP contribution in [0.25, 0.3) is 28.4 Å². The van der Waals surface area contributed by atoms with Crippen LogP contribution in [0.4, 0.5) is 5.69 Å². The summed E-state index contributed by atoms with van der Waals surface area (Å²) >= 11 is 0. The molecule has 0 aliphatic rings. The maximum Gasteiger partial charge on any atom is 0.422 e. The number of ketones is 1. The quantitative estimate of drug-likeness (QED) is 0.0315. The Morgan fingerprint density at radius 2 is 1.11 bits per heavy atom. The van der Waals surface area contributed by atoms with Crippen molar-refractivity contribution < 1.29 is 42.6 Å². The molecule has 0 unspecified atom stereocenters. The van der Waals surface area contributed by atoms with Crippen LogP contribution in [0.3, 0.4) is 0 Å². The number of nitrogens with zero attached hydrogens (tertiary/aromatic N) is 7. The Labute approximate surface area is 427 Å². The fraction of sp³-hybridized carbons (Fsp3) is 0.172. The van der Waals surface area contributed by atoms with Gasteiger partial charge in [0.2, 0.25) is 11.8 Å². The molecule has 0 saturated carbocycles. The molecule has 6 aromatic carbocycles. The highest BCUT2D eigenvalue weighted by molar-refractivity contribution is 6.65. The number of hydrogen-bond acceptors (Lipinski definition) is 11. The molecule has 0 atom stereocenters. The summed E-state index contributed by atoms with van der Waals surface area (Å²) in [5.74, 6) is 1.63. The van der Waals surface area contributed by atoms with Crippen LogP contribution in [0.1, 0.15) is 63.2 Å². The maximum atomic E-state index is 12.5. The number of aryl methyl sites for hydroxylation is 2. The summed E-state index contributed by atoms with van der Waals surface area (Å²) in [4.78, 5) is 48.7. The zero-order valence-electron chi connectivity index (χ0n) is 40.1. The lowest BCUT2D eigenvalue weighted by atomic mass is 10.1. The lowest BCUT2D eigenvalue weighted by Crippen LogP contribution is -2.32. The van der Waals surface area contributed by atoms with E-state index in [1.165, 1.54) is 0 Å². The average Bonchev–Trinajstić information content (AvgIpc) is 4.12. The van der Waals surface area contributed by atoms with E-state index in [2.05, 4.69) is 30.4 Å². The summed E-state index contributed by atoms with van der Waals surface area (Å²) in [6.07, 6.45) is 1.50. The summed E-state index contributed by atoms with van der Waals surface area (Å²) in [5, 5.41) is 20.1. The second-order valence-corrected chi connectivity index (χ2v) is 16.6. The first kappa shape index (κ1) is 52.3. The standard InChI is InChI=1S/C29H26N4O4.C28H24N4O4.CH4/c1-20-25(30-28(37-20)23-10-6-3-7-11-23)16-17-36-24-14-12-21(13-15-24)18-26-27(29(34)35)31-32-33(26)19-22-8-4-2-5-9-22;1-19-24(31-28(36-19)21-8-4-2-5-9-21)16-17-35-23-14-12-20(13-15-23)18-25(33)26(32-29)27(34)30-22-10-6-3-7-11-22;/h2-15H,16-19H2,1H3,(H,34,35);2-15H,16-18H2,1H3,(H,30,34);1H4. The fourth-order valence-corrected chi connectivity index (χ4v) is 7.63. The Hall–Kier alpha value is -9.53. The van der Waals surface area contributed by atoms with Gasteiger partial charge >= 0.3 is 17.6 Å². The Bertz CT molecular complexity index is 3310. The Morgan fingerprint density at radius 3 is 1.59 bits per heavy atom. The molecule has 16 nitrogen and oxygen atoms in total. The molecule has 374 valence electrons. The van der Waals surface area contributed by atoms with Crippen molar-refractivity contribution in [1.82, 2.24) is 25.0 Å². The lowest BCUT2D eigenvalue weighted by molar-refractivity contribution is -0.122. The first-order valence-corrected chi connectivity index (χ1v) is 23.4. The maximum absolute atomic E-state index is 12.5. The molecule has 16 heteroatoms. The molecule has 2 N–H and O–H groups in total. The summed E-state index contributed by atoms with van der Waals surface area (Å²) in [6.45, 7) is 5.10. The minimum absolute atomic E-state index is 0. The van der Waals surface area contributed by atoms with Crippen LogP contribution < -0.4 is 14.8 Å². The molecule has 3 heterocycles. The van der Waals surface area contributed by atoms with Crippen LogP contribution >= 0.6 is 0 Å². The van der Waals surface area contributed by atoms with E-state index in [0.717, 1.165) is 50.9 Å². The highest BCUT2D eigenvalue weighted by Crippen LogP contribution is 2.24. The summed E-state index contributed by atoms with van der Waals surface area (Å²) in [6, 6.07) is 52.5. The van der Waals surface area contributed by atoms with Crippen LogP contribution in [-0.2, 0) is 41.8 Å². The van der Waals surface area contributed by atoms with Gasteiger partial charge in [0.1, 0.15) is 23.0 Å². The van der Waals surface area contributed by atoms with E-state index in [1.54, 1.807) is 59.3 Å². The van der Waals surface area contributed by atoms with Crippen molar-refractivity contribution >= 4 is 29.1 Å². The van der Waals surface area contributed by atoms with Gasteiger partial charge in [-0.25, -0.2) is 19.4 Å². The second kappa shape index (κ2) is 25.5. The molecule has 9 aromatic rings. The first-order valence-electron chi connectivity index (χ1n) is 23.4. The molecule has 0 bridgehead atoms. The van der Waals surface area contributed by atoms with Gasteiger partial charge in [0, 0.05) is 42.5 Å². The lowest BCUT2D eigenvalue weighted by Gasteiger charge is -2.09. The van der Waals surface area contributed by atoms with Crippen LogP contribution in [-0.4, -0.2) is 71.4 Å². The van der Waals surface area contributed by atoms with Gasteiger partial charge in [-0.3, -0.25) is 9.59 Å². The number of carbonyl (C=O) groups excluding carboxylic acids is 2. The molecular formula is C58H54N8O8. The molecule has 0 fully saturated rings. The molecule has 0 spiro atoms. The molecular weight excluding hydrogens is 937 g/mol. The van der Waals surface area contributed by atoms with Gasteiger partial charge in [-0.2, -0.15) is 4.79 Å². The van der Waals surface area contributed by atoms with Gasteiger partial charge in [0.05, 0.1) is 36.8 Å². The molecule has 0 aliphatic heterocycles. The number of anilines is 1.